The van der Waals surface area contributed by atoms with E-state index in [2.05, 4.69) is 66.2 Å². The number of pyridine rings is 6. The number of rotatable bonds is 15. The molecule has 2 saturated carbocycles. The van der Waals surface area contributed by atoms with Crippen LogP contribution in [0, 0.1) is 0 Å². The van der Waals surface area contributed by atoms with Crippen molar-refractivity contribution in [2.24, 2.45) is 5.73 Å². The molecule has 0 spiro atoms. The normalized spacial score (nSPS) is 13.2. The lowest BCUT2D eigenvalue weighted by Crippen LogP contribution is -2.32. The van der Waals surface area contributed by atoms with E-state index in [1.54, 1.807) is 69.8 Å². The predicted molar refractivity (Wildman–Crippen MR) is 274 cm³/mol. The van der Waals surface area contributed by atoms with Crippen molar-refractivity contribution in [3.05, 3.63) is 144 Å². The average molecular weight is 1130 g/mol. The van der Waals surface area contributed by atoms with Crippen LogP contribution >= 0.6 is 12.4 Å². The van der Waals surface area contributed by atoms with Gasteiger partial charge in [0, 0.05) is 61.8 Å². The Morgan fingerprint density at radius 2 is 1.07 bits per heavy atom. The predicted octanol–water partition coefficient (Wildman–Crippen LogP) is 9.96. The molecule has 5 N–H and O–H groups in total. The molecule has 80 heavy (non-hydrogen) atoms. The van der Waals surface area contributed by atoms with Gasteiger partial charge in [-0.2, -0.15) is 26.3 Å². The maximum absolute atomic E-state index is 13.6. The van der Waals surface area contributed by atoms with Crippen molar-refractivity contribution < 1.29 is 54.9 Å². The molecule has 3 amide bonds. The fraction of sp³-hybridized carbons (Fsp3) is 0.275. The first-order chi connectivity index (χ1) is 37.6. The van der Waals surface area contributed by atoms with Gasteiger partial charge >= 0.3 is 18.4 Å². The van der Waals surface area contributed by atoms with Crippen LogP contribution in [0.2, 0.25) is 0 Å². The summed E-state index contributed by atoms with van der Waals surface area (Å²) in [5.41, 5.74) is 3.60. The molecule has 416 valence electrons. The number of anilines is 2. The molecular formula is C51H47ClF6N16O6. The SMILES string of the molecule is CC(C)(C)OC(=O)NCc1cc(Oc2ccnc(C(=O)Nc3cccc(-c4nncn4C4CC4)n3)c2)nc(C(F)(F)F)c1.Cl.NCc1cc(Oc2ccnc(C(=O)Nc3cccc(-c4nncn4C4CC4)n3)c2)nc(C(F)(F)F)c1. The number of alkyl halides is 6. The van der Waals surface area contributed by atoms with Crippen molar-refractivity contribution in [3.8, 4) is 46.3 Å². The summed E-state index contributed by atoms with van der Waals surface area (Å²) in [4.78, 5) is 61.8. The Bertz CT molecular complexity index is 3530. The maximum Gasteiger partial charge on any atom is 0.433 e. The number of nitrogens with two attached hydrogens (primary N) is 1. The van der Waals surface area contributed by atoms with Gasteiger partial charge in [0.15, 0.2) is 11.6 Å². The van der Waals surface area contributed by atoms with Crippen LogP contribution in [0.25, 0.3) is 23.0 Å². The minimum absolute atomic E-state index is 0. The lowest BCUT2D eigenvalue weighted by Gasteiger charge is -2.20. The average Bonchev–Trinajstić information content (AvgIpc) is 4.40. The largest absolute Gasteiger partial charge is 0.444 e. The minimum atomic E-state index is -4.78. The van der Waals surface area contributed by atoms with Crippen molar-refractivity contribution in [3.63, 3.8) is 0 Å². The maximum atomic E-state index is 13.6. The van der Waals surface area contributed by atoms with Crippen molar-refractivity contribution in [1.82, 2.24) is 64.7 Å². The van der Waals surface area contributed by atoms with Gasteiger partial charge < -0.3 is 45.0 Å². The van der Waals surface area contributed by atoms with E-state index in [1.807, 2.05) is 9.13 Å². The number of alkyl carbamates (subject to hydrolysis) is 1. The molecule has 0 unspecified atom stereocenters. The number of carbonyl (C=O) groups excluding carboxylic acids is 3. The van der Waals surface area contributed by atoms with Crippen molar-refractivity contribution in [2.75, 3.05) is 10.6 Å². The van der Waals surface area contributed by atoms with Crippen LogP contribution in [-0.2, 0) is 30.2 Å². The third-order valence-corrected chi connectivity index (χ3v) is 11.2. The zero-order chi connectivity index (χ0) is 56.1. The van der Waals surface area contributed by atoms with Gasteiger partial charge in [-0.05, 0) is 106 Å². The lowest BCUT2D eigenvalue weighted by atomic mass is 10.2. The first kappa shape index (κ1) is 57.0. The summed E-state index contributed by atoms with van der Waals surface area (Å²) in [7, 11) is 0. The number of aromatic nitrogens is 12. The summed E-state index contributed by atoms with van der Waals surface area (Å²) in [6.45, 7) is 4.58. The number of nitrogens with one attached hydrogen (secondary N) is 3. The van der Waals surface area contributed by atoms with Crippen molar-refractivity contribution >= 4 is 42.0 Å². The zero-order valence-corrected chi connectivity index (χ0v) is 43.2. The number of carbonyl (C=O) groups is 3. The Morgan fingerprint density at radius 1 is 0.625 bits per heavy atom. The molecule has 22 nitrogen and oxygen atoms in total. The Kier molecular flexibility index (Phi) is 17.0. The fourth-order valence-electron chi connectivity index (χ4n) is 7.37. The van der Waals surface area contributed by atoms with Gasteiger partial charge in [0.25, 0.3) is 11.8 Å². The van der Waals surface area contributed by atoms with E-state index in [0.29, 0.717) is 35.1 Å². The standard InChI is InChI=1S/C28H27F3N8O4.C23H19F3N8O2.ClH/c1-27(2,3)43-26(41)33-14-16-11-21(28(29,30)31)36-23(12-16)42-18-9-10-32-20(13-18)25(40)37-22-6-4-5-19(35-22)24-38-34-15-39(24)17-7-8-17;24-23(25,26)18-8-13(11-27)9-20(31-18)36-15-6-7-28-17(10-15)22(35)32-19-3-1-2-16(30-19)21-33-29-12-34(21)14-4-5-14;/h4-6,9-13,15,17H,7-8,14H2,1-3H3,(H,33,41)(H,35,37,40);1-3,6-10,12,14H,4-5,11,27H2,(H,30,32,35);1H. The summed E-state index contributed by atoms with van der Waals surface area (Å²) >= 11 is 0. The highest BCUT2D eigenvalue weighted by Crippen LogP contribution is 2.39. The second kappa shape index (κ2) is 23.8. The molecule has 0 saturated heterocycles. The molecule has 8 aromatic heterocycles. The van der Waals surface area contributed by atoms with Crippen LogP contribution < -0.4 is 31.2 Å². The van der Waals surface area contributed by atoms with Gasteiger partial charge in [0.05, 0.1) is 0 Å². The third kappa shape index (κ3) is 15.1. The summed E-state index contributed by atoms with van der Waals surface area (Å²) in [5.74, 6) is -0.146. The van der Waals surface area contributed by atoms with Crippen LogP contribution in [0.1, 0.15) is 102 Å². The number of ether oxygens (including phenoxy) is 3. The summed E-state index contributed by atoms with van der Waals surface area (Å²) in [5, 5.41) is 23.9. The van der Waals surface area contributed by atoms with E-state index >= 15 is 0 Å². The van der Waals surface area contributed by atoms with Crippen LogP contribution in [0.3, 0.4) is 0 Å². The van der Waals surface area contributed by atoms with E-state index in [1.165, 1.54) is 48.8 Å². The topological polar surface area (TPSA) is 280 Å². The molecule has 2 fully saturated rings. The molecule has 2 aliphatic rings. The van der Waals surface area contributed by atoms with E-state index in [9.17, 15) is 40.7 Å². The Hall–Kier alpha value is -9.18. The first-order valence-corrected chi connectivity index (χ1v) is 24.1. The number of nitrogens with zero attached hydrogens (tertiary/aromatic N) is 12. The Labute approximate surface area is 456 Å². The highest BCUT2D eigenvalue weighted by Gasteiger charge is 2.35. The zero-order valence-electron chi connectivity index (χ0n) is 42.4. The fourth-order valence-corrected chi connectivity index (χ4v) is 7.37. The van der Waals surface area contributed by atoms with E-state index < -0.39 is 53.1 Å². The van der Waals surface area contributed by atoms with Crippen molar-refractivity contribution in [2.45, 2.75) is 89.6 Å². The number of amides is 3. The number of hydrogen-bond donors (Lipinski definition) is 4. The third-order valence-electron chi connectivity index (χ3n) is 11.2. The highest BCUT2D eigenvalue weighted by atomic mass is 35.5. The van der Waals surface area contributed by atoms with Crippen LogP contribution in [0.15, 0.2) is 110 Å². The van der Waals surface area contributed by atoms with Gasteiger partial charge in [-0.1, -0.05) is 12.1 Å². The van der Waals surface area contributed by atoms with E-state index in [4.69, 9.17) is 19.9 Å². The second-order valence-corrected chi connectivity index (χ2v) is 18.7. The monoisotopic (exact) mass is 1130 g/mol. The van der Waals surface area contributed by atoms with E-state index in [0.717, 1.165) is 37.8 Å². The summed E-state index contributed by atoms with van der Waals surface area (Å²) < 4.78 is 100. The smallest absolute Gasteiger partial charge is 0.433 e. The quantitative estimate of drug-likeness (QED) is 0.0695. The highest BCUT2D eigenvalue weighted by molar-refractivity contribution is 6.03. The summed E-state index contributed by atoms with van der Waals surface area (Å²) in [6, 6.07) is 20.3. The minimum Gasteiger partial charge on any atom is -0.444 e. The van der Waals surface area contributed by atoms with Gasteiger partial charge in [-0.3, -0.25) is 19.6 Å². The number of halogens is 7. The van der Waals surface area contributed by atoms with Gasteiger partial charge in [0.2, 0.25) is 11.8 Å². The van der Waals surface area contributed by atoms with E-state index in [-0.39, 0.29) is 77.0 Å². The second-order valence-electron chi connectivity index (χ2n) is 18.7. The lowest BCUT2D eigenvalue weighted by molar-refractivity contribution is -0.142. The van der Waals surface area contributed by atoms with Crippen molar-refractivity contribution in [1.29, 1.82) is 0 Å². The van der Waals surface area contributed by atoms with Crippen LogP contribution in [0.5, 0.6) is 23.3 Å². The number of hydrogen-bond acceptors (Lipinski definition) is 17. The summed E-state index contributed by atoms with van der Waals surface area (Å²) in [6.07, 6.45) is -0.206. The Balaban J connectivity index is 0.000000211. The molecule has 0 radical (unpaired) electrons. The first-order valence-electron chi connectivity index (χ1n) is 24.1. The molecule has 0 aliphatic heterocycles. The van der Waals surface area contributed by atoms with Gasteiger partial charge in [-0.15, -0.1) is 32.8 Å². The van der Waals surface area contributed by atoms with Crippen LogP contribution in [0.4, 0.5) is 42.8 Å². The van der Waals surface area contributed by atoms with Gasteiger partial charge in [0.1, 0.15) is 75.6 Å². The molecule has 8 aromatic rings. The molecule has 10 rings (SSSR count). The Morgan fingerprint density at radius 3 is 1.50 bits per heavy atom. The molecule has 29 heteroatoms. The molecule has 0 atom stereocenters. The molecule has 8 heterocycles. The molecule has 0 aromatic carbocycles. The van der Waals surface area contributed by atoms with Gasteiger partial charge in [-0.25, -0.2) is 24.7 Å². The molecule has 0 bridgehead atoms. The molecule has 2 aliphatic carbocycles. The van der Waals surface area contributed by atoms with Crippen LogP contribution in [-0.4, -0.2) is 82.9 Å². The molecular weight excluding hydrogens is 1080 g/mol.